The van der Waals surface area contributed by atoms with E-state index in [0.717, 1.165) is 4.90 Å². The lowest BCUT2D eigenvalue weighted by molar-refractivity contribution is -0.133. The molecule has 0 saturated carbocycles. The van der Waals surface area contributed by atoms with Gasteiger partial charge >= 0.3 is 6.03 Å². The van der Waals surface area contributed by atoms with Crippen LogP contribution in [0.25, 0.3) is 0 Å². The molecule has 168 valence electrons. The number of nitrogens with zero attached hydrogens (tertiary/aromatic N) is 2. The molecular formula is C23H26N4O5. The maximum absolute atomic E-state index is 13.0. The normalized spacial score (nSPS) is 17.7. The lowest BCUT2D eigenvalue weighted by Crippen LogP contribution is -2.42. The first-order chi connectivity index (χ1) is 15.2. The second-order valence-corrected chi connectivity index (χ2v) is 7.73. The van der Waals surface area contributed by atoms with Gasteiger partial charge in [-0.1, -0.05) is 12.1 Å². The second kappa shape index (κ2) is 9.09. The molecule has 0 spiro atoms. The summed E-state index contributed by atoms with van der Waals surface area (Å²) in [4.78, 5) is 52.2. The van der Waals surface area contributed by atoms with Crippen molar-refractivity contribution in [1.29, 1.82) is 0 Å². The Morgan fingerprint density at radius 2 is 1.69 bits per heavy atom. The number of imide groups is 1. The summed E-state index contributed by atoms with van der Waals surface area (Å²) in [5.74, 6) is -0.549. The minimum atomic E-state index is -1.28. The average molecular weight is 438 g/mol. The van der Waals surface area contributed by atoms with E-state index in [-0.39, 0.29) is 5.91 Å². The highest BCUT2D eigenvalue weighted by Gasteiger charge is 2.49. The van der Waals surface area contributed by atoms with E-state index in [9.17, 15) is 19.2 Å². The van der Waals surface area contributed by atoms with Gasteiger partial charge in [0.1, 0.15) is 17.8 Å². The Morgan fingerprint density at radius 3 is 2.25 bits per heavy atom. The molecule has 9 nitrogen and oxygen atoms in total. The summed E-state index contributed by atoms with van der Waals surface area (Å²) in [7, 11) is 3.30. The number of carbonyl (C=O) groups excluding carboxylic acids is 4. The molecule has 0 bridgehead atoms. The Bertz CT molecular complexity index is 1030. The van der Waals surface area contributed by atoms with E-state index in [1.807, 2.05) is 6.92 Å². The Balaban J connectivity index is 1.67. The van der Waals surface area contributed by atoms with Gasteiger partial charge in [0.2, 0.25) is 5.91 Å². The van der Waals surface area contributed by atoms with Crippen LogP contribution >= 0.6 is 0 Å². The lowest BCUT2D eigenvalue weighted by atomic mass is 9.92. The van der Waals surface area contributed by atoms with E-state index in [0.29, 0.717) is 29.2 Å². The fraction of sp³-hybridized carbons (Fsp3) is 0.304. The first-order valence-corrected chi connectivity index (χ1v) is 10.1. The molecule has 5 amide bonds. The number of nitrogens with one attached hydrogen (secondary N) is 2. The lowest BCUT2D eigenvalue weighted by Gasteiger charge is -2.22. The third kappa shape index (κ3) is 4.56. The zero-order valence-corrected chi connectivity index (χ0v) is 18.5. The van der Waals surface area contributed by atoms with Crippen molar-refractivity contribution in [2.75, 3.05) is 32.6 Å². The molecule has 9 heteroatoms. The number of anilines is 1. The molecule has 2 N–H and O–H groups in total. The summed E-state index contributed by atoms with van der Waals surface area (Å²) >= 11 is 0. The third-order valence-corrected chi connectivity index (χ3v) is 5.14. The molecule has 1 aliphatic rings. The molecule has 1 atom stereocenters. The number of ether oxygens (including phenoxy) is 1. The predicted molar refractivity (Wildman–Crippen MR) is 118 cm³/mol. The quantitative estimate of drug-likeness (QED) is 0.645. The number of hydrogen-bond acceptors (Lipinski definition) is 5. The van der Waals surface area contributed by atoms with Crippen molar-refractivity contribution >= 4 is 29.4 Å². The maximum Gasteiger partial charge on any atom is 0.325 e. The SMILES string of the molecule is CCOc1ccc([C@]2(C)NC(=O)N(CC(=O)Nc3ccc(C(=O)N(C)C)cc3)C2=O)cc1. The maximum atomic E-state index is 13.0. The van der Waals surface area contributed by atoms with Gasteiger partial charge in [0.15, 0.2) is 0 Å². The average Bonchev–Trinajstić information content (AvgIpc) is 2.98. The predicted octanol–water partition coefficient (Wildman–Crippen LogP) is 2.19. The molecule has 2 aromatic rings. The first kappa shape index (κ1) is 22.8. The molecule has 0 aromatic heterocycles. The number of rotatable bonds is 7. The van der Waals surface area contributed by atoms with Crippen molar-refractivity contribution in [3.63, 3.8) is 0 Å². The standard InChI is InChI=1S/C23H26N4O5/c1-5-32-18-12-8-16(9-13-18)23(2)21(30)27(22(31)25-23)14-19(28)24-17-10-6-15(7-11-17)20(29)26(3)4/h6-13H,5,14H2,1-4H3,(H,24,28)(H,25,31)/t23-/m0/s1. The zero-order valence-electron chi connectivity index (χ0n) is 18.5. The van der Waals surface area contributed by atoms with Gasteiger partial charge in [-0.05, 0) is 55.8 Å². The zero-order chi connectivity index (χ0) is 23.5. The van der Waals surface area contributed by atoms with Gasteiger partial charge in [-0.3, -0.25) is 19.3 Å². The second-order valence-electron chi connectivity index (χ2n) is 7.73. The third-order valence-electron chi connectivity index (χ3n) is 5.14. The molecule has 0 radical (unpaired) electrons. The van der Waals surface area contributed by atoms with Crippen LogP contribution in [0.15, 0.2) is 48.5 Å². The van der Waals surface area contributed by atoms with Gasteiger partial charge in [-0.2, -0.15) is 0 Å². The minimum Gasteiger partial charge on any atom is -0.494 e. The van der Waals surface area contributed by atoms with Crippen LogP contribution < -0.4 is 15.4 Å². The highest BCUT2D eigenvalue weighted by Crippen LogP contribution is 2.30. The number of urea groups is 1. The summed E-state index contributed by atoms with van der Waals surface area (Å²) in [6.45, 7) is 3.55. The van der Waals surface area contributed by atoms with Crippen molar-refractivity contribution in [3.8, 4) is 5.75 Å². The van der Waals surface area contributed by atoms with E-state index < -0.39 is 29.9 Å². The molecule has 0 unspecified atom stereocenters. The number of amides is 5. The highest BCUT2D eigenvalue weighted by atomic mass is 16.5. The first-order valence-electron chi connectivity index (χ1n) is 10.1. The molecule has 32 heavy (non-hydrogen) atoms. The molecule has 1 fully saturated rings. The Hall–Kier alpha value is -3.88. The molecule has 3 rings (SSSR count). The van der Waals surface area contributed by atoms with Crippen LogP contribution in [0.5, 0.6) is 5.75 Å². The summed E-state index contributed by atoms with van der Waals surface area (Å²) in [5, 5.41) is 5.31. The summed E-state index contributed by atoms with van der Waals surface area (Å²) in [6, 6.07) is 12.6. The van der Waals surface area contributed by atoms with Crippen LogP contribution in [0.1, 0.15) is 29.8 Å². The molecule has 1 heterocycles. The van der Waals surface area contributed by atoms with Gasteiger partial charge < -0.3 is 20.3 Å². The van der Waals surface area contributed by atoms with Crippen LogP contribution in [0, 0.1) is 0 Å². The van der Waals surface area contributed by atoms with E-state index in [1.165, 1.54) is 4.90 Å². The fourth-order valence-electron chi connectivity index (χ4n) is 3.39. The molecular weight excluding hydrogens is 412 g/mol. The molecule has 1 saturated heterocycles. The fourth-order valence-corrected chi connectivity index (χ4v) is 3.39. The largest absolute Gasteiger partial charge is 0.494 e. The van der Waals surface area contributed by atoms with Crippen LogP contribution in [-0.2, 0) is 15.1 Å². The summed E-state index contributed by atoms with van der Waals surface area (Å²) < 4.78 is 5.41. The van der Waals surface area contributed by atoms with Gasteiger partial charge in [0, 0.05) is 25.3 Å². The van der Waals surface area contributed by atoms with Crippen molar-refractivity contribution in [2.24, 2.45) is 0 Å². The number of carbonyl (C=O) groups is 4. The minimum absolute atomic E-state index is 0.157. The Kier molecular flexibility index (Phi) is 6.47. The highest BCUT2D eigenvalue weighted by molar-refractivity contribution is 6.10. The molecule has 0 aliphatic carbocycles. The van der Waals surface area contributed by atoms with Crippen molar-refractivity contribution in [2.45, 2.75) is 19.4 Å². The van der Waals surface area contributed by atoms with Crippen LogP contribution in [0.2, 0.25) is 0 Å². The van der Waals surface area contributed by atoms with E-state index in [2.05, 4.69) is 10.6 Å². The Morgan fingerprint density at radius 1 is 1.06 bits per heavy atom. The van der Waals surface area contributed by atoms with E-state index in [4.69, 9.17) is 4.74 Å². The summed E-state index contributed by atoms with van der Waals surface area (Å²) in [5.41, 5.74) is 0.235. The van der Waals surface area contributed by atoms with E-state index in [1.54, 1.807) is 69.6 Å². The van der Waals surface area contributed by atoms with Crippen molar-refractivity contribution < 1.29 is 23.9 Å². The summed E-state index contributed by atoms with van der Waals surface area (Å²) in [6.07, 6.45) is 0. The van der Waals surface area contributed by atoms with Crippen molar-refractivity contribution in [3.05, 3.63) is 59.7 Å². The topological polar surface area (TPSA) is 108 Å². The number of benzene rings is 2. The molecule has 2 aromatic carbocycles. The van der Waals surface area contributed by atoms with Gasteiger partial charge in [0.05, 0.1) is 6.61 Å². The van der Waals surface area contributed by atoms with Crippen LogP contribution in [-0.4, -0.2) is 60.8 Å². The number of hydrogen-bond donors (Lipinski definition) is 2. The van der Waals surface area contributed by atoms with Crippen LogP contribution in [0.3, 0.4) is 0 Å². The smallest absolute Gasteiger partial charge is 0.325 e. The monoisotopic (exact) mass is 438 g/mol. The van der Waals surface area contributed by atoms with E-state index >= 15 is 0 Å². The van der Waals surface area contributed by atoms with Crippen LogP contribution in [0.4, 0.5) is 10.5 Å². The molecule has 1 aliphatic heterocycles. The van der Waals surface area contributed by atoms with Gasteiger partial charge in [0.25, 0.3) is 11.8 Å². The van der Waals surface area contributed by atoms with Crippen molar-refractivity contribution in [1.82, 2.24) is 15.1 Å². The van der Waals surface area contributed by atoms with Gasteiger partial charge in [-0.15, -0.1) is 0 Å². The Labute approximate surface area is 186 Å². The van der Waals surface area contributed by atoms with Gasteiger partial charge in [-0.25, -0.2) is 4.79 Å².